The van der Waals surface area contributed by atoms with Gasteiger partial charge in [-0.25, -0.2) is 9.97 Å². The Hall–Kier alpha value is -2.44. The zero-order valence-corrected chi connectivity index (χ0v) is 13.7. The van der Waals surface area contributed by atoms with Crippen molar-refractivity contribution < 1.29 is 18.0 Å². The first-order valence-corrected chi connectivity index (χ1v) is 8.13. The Bertz CT molecular complexity index is 785. The molecule has 1 heterocycles. The molecular formula is C18H18F3N3O. The van der Waals surface area contributed by atoms with E-state index in [0.29, 0.717) is 11.3 Å². The van der Waals surface area contributed by atoms with E-state index in [1.165, 1.54) is 0 Å². The number of carbonyl (C=O) groups excluding carboxylic acids is 1. The van der Waals surface area contributed by atoms with Crippen LogP contribution in [0.25, 0.3) is 0 Å². The number of nitrogens with one attached hydrogen (secondary N) is 1. The van der Waals surface area contributed by atoms with Crippen molar-refractivity contribution in [3.8, 4) is 0 Å². The molecule has 2 aromatic rings. The molecule has 0 saturated heterocycles. The lowest BCUT2D eigenvalue weighted by atomic mass is 10.1. The summed E-state index contributed by atoms with van der Waals surface area (Å²) in [6, 6.07) is 8.16. The van der Waals surface area contributed by atoms with E-state index in [2.05, 4.69) is 15.3 Å². The monoisotopic (exact) mass is 349 g/mol. The molecule has 0 bridgehead atoms. The fraction of sp³-hybridized carbons (Fsp3) is 0.389. The van der Waals surface area contributed by atoms with Crippen LogP contribution in [0.15, 0.2) is 30.3 Å². The molecule has 1 aromatic heterocycles. The molecular weight excluding hydrogens is 331 g/mol. The van der Waals surface area contributed by atoms with E-state index >= 15 is 0 Å². The van der Waals surface area contributed by atoms with Crippen LogP contribution in [0, 0.1) is 6.92 Å². The average molecular weight is 349 g/mol. The van der Waals surface area contributed by atoms with E-state index in [1.54, 1.807) is 12.1 Å². The normalized spacial score (nSPS) is 14.4. The van der Waals surface area contributed by atoms with Gasteiger partial charge in [0.15, 0.2) is 0 Å². The highest BCUT2D eigenvalue weighted by Gasteiger charge is 2.35. The lowest BCUT2D eigenvalue weighted by molar-refractivity contribution is -0.141. The molecule has 1 aromatic carbocycles. The number of alkyl halides is 3. The maximum absolute atomic E-state index is 13.0. The van der Waals surface area contributed by atoms with Crippen LogP contribution in [-0.4, -0.2) is 22.4 Å². The highest BCUT2D eigenvalue weighted by molar-refractivity contribution is 5.95. The summed E-state index contributed by atoms with van der Waals surface area (Å²) in [5, 5.41) is 2.71. The lowest BCUT2D eigenvalue weighted by Crippen LogP contribution is -2.27. The van der Waals surface area contributed by atoms with E-state index in [1.807, 2.05) is 19.1 Å². The van der Waals surface area contributed by atoms with Gasteiger partial charge in [0.1, 0.15) is 11.5 Å². The van der Waals surface area contributed by atoms with Crippen LogP contribution in [0.4, 0.5) is 13.2 Å². The second-order valence-electron chi connectivity index (χ2n) is 6.19. The van der Waals surface area contributed by atoms with Gasteiger partial charge < -0.3 is 5.32 Å². The molecule has 1 amide bonds. The number of aryl methyl sites for hydroxylation is 1. The molecule has 1 N–H and O–H groups in total. The zero-order chi connectivity index (χ0) is 18.0. The zero-order valence-electron chi connectivity index (χ0n) is 13.7. The molecule has 0 atom stereocenters. The van der Waals surface area contributed by atoms with Gasteiger partial charge in [-0.2, -0.15) is 13.2 Å². The highest BCUT2D eigenvalue weighted by Crippen LogP contribution is 2.40. The SMILES string of the molecule is Cc1ccccc1C(=O)NCCc1nc(C2CC2)cc(C(F)(F)F)n1. The lowest BCUT2D eigenvalue weighted by Gasteiger charge is -2.11. The third kappa shape index (κ3) is 4.35. The Labute approximate surface area is 143 Å². The molecule has 1 fully saturated rings. The fourth-order valence-corrected chi connectivity index (χ4v) is 2.57. The maximum Gasteiger partial charge on any atom is 0.433 e. The Morgan fingerprint density at radius 3 is 2.60 bits per heavy atom. The summed E-state index contributed by atoms with van der Waals surface area (Å²) in [6.07, 6.45) is -2.62. The highest BCUT2D eigenvalue weighted by atomic mass is 19.4. The summed E-state index contributed by atoms with van der Waals surface area (Å²) in [4.78, 5) is 20.0. The molecule has 0 radical (unpaired) electrons. The van der Waals surface area contributed by atoms with Crippen molar-refractivity contribution in [3.05, 3.63) is 58.7 Å². The minimum atomic E-state index is -4.49. The largest absolute Gasteiger partial charge is 0.433 e. The summed E-state index contributed by atoms with van der Waals surface area (Å²) in [5.41, 5.74) is 0.921. The van der Waals surface area contributed by atoms with E-state index in [4.69, 9.17) is 0 Å². The number of amides is 1. The predicted molar refractivity (Wildman–Crippen MR) is 86.2 cm³/mol. The van der Waals surface area contributed by atoms with E-state index in [0.717, 1.165) is 24.5 Å². The van der Waals surface area contributed by atoms with Gasteiger partial charge in [0.25, 0.3) is 5.91 Å². The van der Waals surface area contributed by atoms with Gasteiger partial charge in [-0.1, -0.05) is 18.2 Å². The third-order valence-corrected chi connectivity index (χ3v) is 4.10. The molecule has 25 heavy (non-hydrogen) atoms. The van der Waals surface area contributed by atoms with Gasteiger partial charge in [0, 0.05) is 30.1 Å². The summed E-state index contributed by atoms with van der Waals surface area (Å²) < 4.78 is 39.0. The number of hydrogen-bond acceptors (Lipinski definition) is 3. The molecule has 7 heteroatoms. The molecule has 0 spiro atoms. The first kappa shape index (κ1) is 17.4. The molecule has 3 rings (SSSR count). The van der Waals surface area contributed by atoms with Crippen LogP contribution >= 0.6 is 0 Å². The summed E-state index contributed by atoms with van der Waals surface area (Å²) in [5.74, 6) is -0.0429. The van der Waals surface area contributed by atoms with Crippen molar-refractivity contribution >= 4 is 5.91 Å². The molecule has 132 valence electrons. The number of nitrogens with zero attached hydrogens (tertiary/aromatic N) is 2. The van der Waals surface area contributed by atoms with Crippen molar-refractivity contribution in [3.63, 3.8) is 0 Å². The molecule has 1 aliphatic rings. The van der Waals surface area contributed by atoms with Gasteiger partial charge in [0.2, 0.25) is 0 Å². The van der Waals surface area contributed by atoms with Gasteiger partial charge in [-0.3, -0.25) is 4.79 Å². The molecule has 4 nitrogen and oxygen atoms in total. The van der Waals surface area contributed by atoms with E-state index in [-0.39, 0.29) is 30.6 Å². The number of carbonyl (C=O) groups is 1. The second kappa shape index (κ2) is 6.82. The molecule has 1 saturated carbocycles. The van der Waals surface area contributed by atoms with Crippen molar-refractivity contribution in [2.45, 2.75) is 38.3 Å². The standard InChI is InChI=1S/C18H18F3N3O/c1-11-4-2-3-5-13(11)17(25)22-9-8-16-23-14(12-6-7-12)10-15(24-16)18(19,20)21/h2-5,10,12H,6-9H2,1H3,(H,22,25). The number of benzene rings is 1. The van der Waals surface area contributed by atoms with Crippen molar-refractivity contribution in [2.75, 3.05) is 6.54 Å². The summed E-state index contributed by atoms with van der Waals surface area (Å²) in [7, 11) is 0. The Morgan fingerprint density at radius 2 is 1.96 bits per heavy atom. The van der Waals surface area contributed by atoms with Gasteiger partial charge in [-0.05, 0) is 37.5 Å². The smallest absolute Gasteiger partial charge is 0.352 e. The molecule has 0 aliphatic heterocycles. The Balaban J connectivity index is 1.67. The molecule has 0 unspecified atom stereocenters. The fourth-order valence-electron chi connectivity index (χ4n) is 2.57. The topological polar surface area (TPSA) is 54.9 Å². The third-order valence-electron chi connectivity index (χ3n) is 4.10. The summed E-state index contributed by atoms with van der Waals surface area (Å²) in [6.45, 7) is 2.01. The minimum absolute atomic E-state index is 0.101. The van der Waals surface area contributed by atoms with E-state index < -0.39 is 11.9 Å². The first-order chi connectivity index (χ1) is 11.8. The Kier molecular flexibility index (Phi) is 4.74. The van der Waals surface area contributed by atoms with Crippen LogP contribution in [0.2, 0.25) is 0 Å². The van der Waals surface area contributed by atoms with Crippen LogP contribution in [0.3, 0.4) is 0 Å². The molecule has 1 aliphatic carbocycles. The van der Waals surface area contributed by atoms with Crippen LogP contribution in [0.1, 0.15) is 51.9 Å². The number of aromatic nitrogens is 2. The van der Waals surface area contributed by atoms with Crippen molar-refractivity contribution in [1.82, 2.24) is 15.3 Å². The number of hydrogen-bond donors (Lipinski definition) is 1. The van der Waals surface area contributed by atoms with Crippen LogP contribution in [0.5, 0.6) is 0 Å². The van der Waals surface area contributed by atoms with Crippen LogP contribution in [-0.2, 0) is 12.6 Å². The van der Waals surface area contributed by atoms with E-state index in [9.17, 15) is 18.0 Å². The quantitative estimate of drug-likeness (QED) is 0.896. The van der Waals surface area contributed by atoms with Gasteiger partial charge >= 0.3 is 6.18 Å². The average Bonchev–Trinajstić information content (AvgIpc) is 3.39. The van der Waals surface area contributed by atoms with Crippen molar-refractivity contribution in [1.29, 1.82) is 0 Å². The number of halogens is 3. The summed E-state index contributed by atoms with van der Waals surface area (Å²) >= 11 is 0. The Morgan fingerprint density at radius 1 is 1.24 bits per heavy atom. The van der Waals surface area contributed by atoms with Crippen molar-refractivity contribution in [2.24, 2.45) is 0 Å². The van der Waals surface area contributed by atoms with Crippen LogP contribution < -0.4 is 5.32 Å². The van der Waals surface area contributed by atoms with Gasteiger partial charge in [0.05, 0.1) is 0 Å². The first-order valence-electron chi connectivity index (χ1n) is 8.13. The maximum atomic E-state index is 13.0. The van der Waals surface area contributed by atoms with Gasteiger partial charge in [-0.15, -0.1) is 0 Å². The predicted octanol–water partition coefficient (Wildman–Crippen LogP) is 3.65. The second-order valence-corrected chi connectivity index (χ2v) is 6.19. The minimum Gasteiger partial charge on any atom is -0.352 e. The number of rotatable bonds is 5.